The molecule has 1 N–H and O–H groups in total. The van der Waals surface area contributed by atoms with Gasteiger partial charge in [-0.25, -0.2) is 9.97 Å². The lowest BCUT2D eigenvalue weighted by molar-refractivity contribution is 0.393. The third-order valence-electron chi connectivity index (χ3n) is 2.99. The minimum Gasteiger partial charge on any atom is -0.481 e. The summed E-state index contributed by atoms with van der Waals surface area (Å²) in [6, 6.07) is 3.82. The van der Waals surface area contributed by atoms with Gasteiger partial charge in [0.05, 0.1) is 18.5 Å². The number of aryl methyl sites for hydroxylation is 2. The molecular formula is C14H19N5O. The standard InChI is InChI=1S/C14H19N5O/c1-4-11-12(5-2)18-19-14(17-11)16-9-10-7-6-8-15-13(10)20-3/h6-8H,4-5,9H2,1-3H3,(H,16,17,19). The Bertz CT molecular complexity index is 573. The molecule has 0 bridgehead atoms. The van der Waals surface area contributed by atoms with Gasteiger partial charge in [0.2, 0.25) is 11.8 Å². The summed E-state index contributed by atoms with van der Waals surface area (Å²) < 4.78 is 5.21. The van der Waals surface area contributed by atoms with E-state index in [-0.39, 0.29) is 0 Å². The second kappa shape index (κ2) is 6.79. The van der Waals surface area contributed by atoms with Gasteiger partial charge in [0.1, 0.15) is 0 Å². The molecule has 0 unspecified atom stereocenters. The topological polar surface area (TPSA) is 72.8 Å². The average Bonchev–Trinajstić information content (AvgIpc) is 2.52. The molecule has 2 rings (SSSR count). The molecule has 6 nitrogen and oxygen atoms in total. The molecule has 0 amide bonds. The van der Waals surface area contributed by atoms with Gasteiger partial charge >= 0.3 is 0 Å². The molecule has 0 aliphatic carbocycles. The Morgan fingerprint density at radius 1 is 1.15 bits per heavy atom. The monoisotopic (exact) mass is 273 g/mol. The number of anilines is 1. The summed E-state index contributed by atoms with van der Waals surface area (Å²) in [5.74, 6) is 1.14. The number of nitrogens with one attached hydrogen (secondary N) is 1. The number of nitrogens with zero attached hydrogens (tertiary/aromatic N) is 4. The number of hydrogen-bond acceptors (Lipinski definition) is 6. The molecular weight excluding hydrogens is 254 g/mol. The van der Waals surface area contributed by atoms with Crippen molar-refractivity contribution in [2.75, 3.05) is 12.4 Å². The third kappa shape index (κ3) is 3.20. The molecule has 0 aliphatic heterocycles. The lowest BCUT2D eigenvalue weighted by Crippen LogP contribution is -2.10. The first-order valence-electron chi connectivity index (χ1n) is 6.72. The van der Waals surface area contributed by atoms with Crippen LogP contribution in [0, 0.1) is 0 Å². The third-order valence-corrected chi connectivity index (χ3v) is 2.99. The van der Waals surface area contributed by atoms with Crippen LogP contribution in [0.3, 0.4) is 0 Å². The van der Waals surface area contributed by atoms with Crippen LogP contribution < -0.4 is 10.1 Å². The van der Waals surface area contributed by atoms with Crippen LogP contribution in [0.2, 0.25) is 0 Å². The second-order valence-corrected chi connectivity index (χ2v) is 4.26. The highest BCUT2D eigenvalue weighted by Crippen LogP contribution is 2.15. The number of methoxy groups -OCH3 is 1. The van der Waals surface area contributed by atoms with E-state index in [4.69, 9.17) is 4.74 Å². The first-order valence-corrected chi connectivity index (χ1v) is 6.72. The summed E-state index contributed by atoms with van der Waals surface area (Å²) in [6.07, 6.45) is 3.40. The van der Waals surface area contributed by atoms with Crippen LogP contribution in [0.25, 0.3) is 0 Å². The Hall–Kier alpha value is -2.24. The lowest BCUT2D eigenvalue weighted by atomic mass is 10.2. The first kappa shape index (κ1) is 14.2. The van der Waals surface area contributed by atoms with Crippen LogP contribution in [0.5, 0.6) is 5.88 Å². The fraction of sp³-hybridized carbons (Fsp3) is 0.429. The molecule has 0 saturated heterocycles. The van der Waals surface area contributed by atoms with Gasteiger partial charge in [0, 0.05) is 18.3 Å². The van der Waals surface area contributed by atoms with Gasteiger partial charge in [-0.1, -0.05) is 19.9 Å². The van der Waals surface area contributed by atoms with E-state index in [0.717, 1.165) is 29.8 Å². The van der Waals surface area contributed by atoms with Crippen molar-refractivity contribution in [1.82, 2.24) is 20.2 Å². The number of rotatable bonds is 6. The maximum atomic E-state index is 5.21. The van der Waals surface area contributed by atoms with E-state index in [1.807, 2.05) is 12.1 Å². The van der Waals surface area contributed by atoms with Gasteiger partial charge in [0.15, 0.2) is 0 Å². The van der Waals surface area contributed by atoms with Crippen molar-refractivity contribution in [1.29, 1.82) is 0 Å². The molecule has 0 fully saturated rings. The summed E-state index contributed by atoms with van der Waals surface area (Å²) in [7, 11) is 1.61. The van der Waals surface area contributed by atoms with Crippen molar-refractivity contribution in [2.45, 2.75) is 33.2 Å². The summed E-state index contributed by atoms with van der Waals surface area (Å²) in [5, 5.41) is 11.5. The molecule has 6 heteroatoms. The quantitative estimate of drug-likeness (QED) is 0.868. The Morgan fingerprint density at radius 3 is 2.65 bits per heavy atom. The number of aromatic nitrogens is 4. The van der Waals surface area contributed by atoms with Crippen molar-refractivity contribution in [3.05, 3.63) is 35.3 Å². The van der Waals surface area contributed by atoms with Crippen molar-refractivity contribution in [2.24, 2.45) is 0 Å². The highest BCUT2D eigenvalue weighted by Gasteiger charge is 2.07. The fourth-order valence-electron chi connectivity index (χ4n) is 1.93. The first-order chi connectivity index (χ1) is 9.78. The largest absolute Gasteiger partial charge is 0.481 e. The Labute approximate surface area is 118 Å². The van der Waals surface area contributed by atoms with Gasteiger partial charge < -0.3 is 10.1 Å². The van der Waals surface area contributed by atoms with Crippen LogP contribution in [0.1, 0.15) is 30.8 Å². The Morgan fingerprint density at radius 2 is 1.95 bits per heavy atom. The van der Waals surface area contributed by atoms with Gasteiger partial charge in [-0.05, 0) is 18.9 Å². The molecule has 0 saturated carbocycles. The normalized spacial score (nSPS) is 10.3. The zero-order chi connectivity index (χ0) is 14.4. The SMILES string of the molecule is CCc1nnc(NCc2cccnc2OC)nc1CC. The zero-order valence-electron chi connectivity index (χ0n) is 12.1. The predicted molar refractivity (Wildman–Crippen MR) is 76.7 cm³/mol. The number of ether oxygens (including phenoxy) is 1. The Balaban J connectivity index is 2.11. The van der Waals surface area contributed by atoms with Crippen LogP contribution in [0.15, 0.2) is 18.3 Å². The second-order valence-electron chi connectivity index (χ2n) is 4.26. The molecule has 0 atom stereocenters. The maximum absolute atomic E-state index is 5.21. The molecule has 0 radical (unpaired) electrons. The zero-order valence-corrected chi connectivity index (χ0v) is 12.1. The van der Waals surface area contributed by atoms with Crippen LogP contribution in [-0.2, 0) is 19.4 Å². The van der Waals surface area contributed by atoms with Crippen molar-refractivity contribution in [3.8, 4) is 5.88 Å². The molecule has 106 valence electrons. The average molecular weight is 273 g/mol. The van der Waals surface area contributed by atoms with E-state index in [1.165, 1.54) is 0 Å². The molecule has 0 aliphatic rings. The molecule has 2 heterocycles. The van der Waals surface area contributed by atoms with Gasteiger partial charge in [-0.3, -0.25) is 0 Å². The van der Waals surface area contributed by atoms with Crippen LogP contribution in [0.4, 0.5) is 5.95 Å². The van der Waals surface area contributed by atoms with E-state index in [2.05, 4.69) is 39.3 Å². The van der Waals surface area contributed by atoms with E-state index in [1.54, 1.807) is 13.3 Å². The number of pyridine rings is 1. The predicted octanol–water partition coefficient (Wildman–Crippen LogP) is 2.01. The molecule has 2 aromatic heterocycles. The highest BCUT2D eigenvalue weighted by molar-refractivity contribution is 5.32. The summed E-state index contributed by atoms with van der Waals surface area (Å²) >= 11 is 0. The molecule has 0 spiro atoms. The van der Waals surface area contributed by atoms with E-state index < -0.39 is 0 Å². The maximum Gasteiger partial charge on any atom is 0.243 e. The summed E-state index contributed by atoms with van der Waals surface area (Å²) in [6.45, 7) is 4.67. The molecule has 20 heavy (non-hydrogen) atoms. The van der Waals surface area contributed by atoms with Crippen molar-refractivity contribution in [3.63, 3.8) is 0 Å². The van der Waals surface area contributed by atoms with Crippen molar-refractivity contribution >= 4 is 5.95 Å². The smallest absolute Gasteiger partial charge is 0.243 e. The van der Waals surface area contributed by atoms with Crippen LogP contribution in [-0.4, -0.2) is 27.3 Å². The lowest BCUT2D eigenvalue weighted by Gasteiger charge is -2.09. The Kier molecular flexibility index (Phi) is 4.81. The molecule has 0 aromatic carbocycles. The van der Waals surface area contributed by atoms with E-state index in [9.17, 15) is 0 Å². The van der Waals surface area contributed by atoms with Gasteiger partial charge in [-0.2, -0.15) is 5.10 Å². The minimum atomic E-state index is 0.532. The van der Waals surface area contributed by atoms with Crippen LogP contribution >= 0.6 is 0 Å². The summed E-state index contributed by atoms with van der Waals surface area (Å²) in [5.41, 5.74) is 2.90. The fourth-order valence-corrected chi connectivity index (χ4v) is 1.93. The highest BCUT2D eigenvalue weighted by atomic mass is 16.5. The van der Waals surface area contributed by atoms with Crippen molar-refractivity contribution < 1.29 is 4.74 Å². The van der Waals surface area contributed by atoms with E-state index >= 15 is 0 Å². The minimum absolute atomic E-state index is 0.532. The van der Waals surface area contributed by atoms with Gasteiger partial charge in [-0.15, -0.1) is 5.10 Å². The summed E-state index contributed by atoms with van der Waals surface area (Å²) in [4.78, 5) is 8.64. The molecule has 2 aromatic rings. The van der Waals surface area contributed by atoms with E-state index in [0.29, 0.717) is 18.4 Å². The number of hydrogen-bond donors (Lipinski definition) is 1. The van der Waals surface area contributed by atoms with Gasteiger partial charge in [0.25, 0.3) is 0 Å².